The Morgan fingerprint density at radius 3 is 2.92 bits per heavy atom. The van der Waals surface area contributed by atoms with Gasteiger partial charge in [-0.3, -0.25) is 4.99 Å². The number of halogens is 1. The highest BCUT2D eigenvalue weighted by molar-refractivity contribution is 14.0. The van der Waals surface area contributed by atoms with E-state index in [0.717, 1.165) is 43.9 Å². The molecule has 0 bridgehead atoms. The highest BCUT2D eigenvalue weighted by atomic mass is 127. The Morgan fingerprint density at radius 2 is 2.21 bits per heavy atom. The van der Waals surface area contributed by atoms with E-state index in [0.29, 0.717) is 6.54 Å². The normalized spacial score (nSPS) is 19.0. The average Bonchev–Trinajstić information content (AvgIpc) is 3.03. The SMILES string of the molecule is CCn1cnnc1CNC(=NC)NCCCN1CCCCC1C.I. The molecule has 1 saturated heterocycles. The van der Waals surface area contributed by atoms with Crippen molar-refractivity contribution in [3.05, 3.63) is 12.2 Å². The summed E-state index contributed by atoms with van der Waals surface area (Å²) in [5, 5.41) is 14.7. The van der Waals surface area contributed by atoms with Crippen LogP contribution in [0, 0.1) is 0 Å². The fourth-order valence-electron chi connectivity index (χ4n) is 3.04. The maximum absolute atomic E-state index is 4.27. The van der Waals surface area contributed by atoms with E-state index in [2.05, 4.69) is 44.6 Å². The van der Waals surface area contributed by atoms with Gasteiger partial charge in [0, 0.05) is 32.7 Å². The second kappa shape index (κ2) is 11.6. The predicted octanol–water partition coefficient (Wildman–Crippen LogP) is 1.85. The van der Waals surface area contributed by atoms with Crippen molar-refractivity contribution in [1.82, 2.24) is 30.3 Å². The molecule has 0 saturated carbocycles. The number of hydrogen-bond acceptors (Lipinski definition) is 4. The van der Waals surface area contributed by atoms with Crippen LogP contribution in [-0.2, 0) is 13.1 Å². The molecule has 1 atom stereocenters. The lowest BCUT2D eigenvalue weighted by Gasteiger charge is -2.33. The van der Waals surface area contributed by atoms with Crippen LogP contribution in [0.2, 0.25) is 0 Å². The monoisotopic (exact) mass is 449 g/mol. The standard InChI is InChI=1S/C16H31N7.HI/c1-4-22-13-20-21-15(22)12-19-16(17-3)18-9-7-11-23-10-6-5-8-14(23)2;/h13-14H,4-12H2,1-3H3,(H2,17,18,19);1H. The van der Waals surface area contributed by atoms with E-state index >= 15 is 0 Å². The van der Waals surface area contributed by atoms with E-state index in [-0.39, 0.29) is 24.0 Å². The molecule has 0 radical (unpaired) electrons. The summed E-state index contributed by atoms with van der Waals surface area (Å²) in [7, 11) is 1.80. The van der Waals surface area contributed by atoms with Crippen LogP contribution in [0.1, 0.15) is 45.4 Å². The van der Waals surface area contributed by atoms with E-state index in [1.807, 2.05) is 4.57 Å². The van der Waals surface area contributed by atoms with Crippen molar-refractivity contribution in [2.45, 2.75) is 58.7 Å². The lowest BCUT2D eigenvalue weighted by atomic mass is 10.0. The van der Waals surface area contributed by atoms with Crippen molar-refractivity contribution >= 4 is 29.9 Å². The van der Waals surface area contributed by atoms with Gasteiger partial charge in [-0.15, -0.1) is 34.2 Å². The molecular formula is C16H32IN7. The van der Waals surface area contributed by atoms with Gasteiger partial charge in [0.25, 0.3) is 0 Å². The number of guanidine groups is 1. The average molecular weight is 449 g/mol. The van der Waals surface area contributed by atoms with E-state index in [1.54, 1.807) is 13.4 Å². The minimum Gasteiger partial charge on any atom is -0.356 e. The zero-order valence-corrected chi connectivity index (χ0v) is 17.5. The zero-order valence-electron chi connectivity index (χ0n) is 15.2. The van der Waals surface area contributed by atoms with Crippen LogP contribution < -0.4 is 10.6 Å². The molecule has 1 fully saturated rings. The summed E-state index contributed by atoms with van der Waals surface area (Å²) >= 11 is 0. The van der Waals surface area contributed by atoms with Gasteiger partial charge in [0.05, 0.1) is 6.54 Å². The Bertz CT molecular complexity index is 489. The third-order valence-electron chi connectivity index (χ3n) is 4.53. The first-order valence-corrected chi connectivity index (χ1v) is 8.79. The van der Waals surface area contributed by atoms with E-state index in [1.165, 1.54) is 25.8 Å². The summed E-state index contributed by atoms with van der Waals surface area (Å²) in [6.45, 7) is 9.29. The molecule has 2 N–H and O–H groups in total. The second-order valence-corrected chi connectivity index (χ2v) is 6.12. The van der Waals surface area contributed by atoms with Crippen molar-refractivity contribution in [3.63, 3.8) is 0 Å². The molecule has 24 heavy (non-hydrogen) atoms. The largest absolute Gasteiger partial charge is 0.356 e. The number of likely N-dealkylation sites (tertiary alicyclic amines) is 1. The van der Waals surface area contributed by atoms with Gasteiger partial charge in [-0.2, -0.15) is 0 Å². The van der Waals surface area contributed by atoms with Crippen LogP contribution in [0.4, 0.5) is 0 Å². The minimum atomic E-state index is 0. The fraction of sp³-hybridized carbons (Fsp3) is 0.812. The van der Waals surface area contributed by atoms with Crippen LogP contribution in [0.15, 0.2) is 11.3 Å². The third kappa shape index (κ3) is 6.54. The fourth-order valence-corrected chi connectivity index (χ4v) is 3.04. The first-order chi connectivity index (χ1) is 11.2. The number of aromatic nitrogens is 3. The first-order valence-electron chi connectivity index (χ1n) is 8.79. The molecule has 1 aromatic rings. The molecule has 1 aromatic heterocycles. The maximum atomic E-state index is 4.27. The zero-order chi connectivity index (χ0) is 16.5. The van der Waals surface area contributed by atoms with Crippen molar-refractivity contribution in [2.75, 3.05) is 26.7 Å². The third-order valence-corrected chi connectivity index (χ3v) is 4.53. The molecule has 0 spiro atoms. The summed E-state index contributed by atoms with van der Waals surface area (Å²) in [6, 6.07) is 0.738. The molecule has 0 aliphatic carbocycles. The lowest BCUT2D eigenvalue weighted by Crippen LogP contribution is -2.41. The molecule has 2 rings (SSSR count). The smallest absolute Gasteiger partial charge is 0.191 e. The van der Waals surface area contributed by atoms with Gasteiger partial charge in [0.2, 0.25) is 0 Å². The first kappa shape index (κ1) is 21.1. The summed E-state index contributed by atoms with van der Waals surface area (Å²) < 4.78 is 2.03. The van der Waals surface area contributed by atoms with Crippen molar-refractivity contribution < 1.29 is 0 Å². The molecule has 0 amide bonds. The molecule has 1 aliphatic heterocycles. The van der Waals surface area contributed by atoms with E-state index < -0.39 is 0 Å². The van der Waals surface area contributed by atoms with Gasteiger partial charge < -0.3 is 20.1 Å². The summed E-state index contributed by atoms with van der Waals surface area (Å²) in [5.74, 6) is 1.75. The number of rotatable bonds is 7. The van der Waals surface area contributed by atoms with Crippen molar-refractivity contribution in [3.8, 4) is 0 Å². The molecule has 1 unspecified atom stereocenters. The van der Waals surface area contributed by atoms with Gasteiger partial charge in [-0.25, -0.2) is 0 Å². The van der Waals surface area contributed by atoms with E-state index in [4.69, 9.17) is 0 Å². The van der Waals surface area contributed by atoms with Gasteiger partial charge >= 0.3 is 0 Å². The molecule has 8 heteroatoms. The highest BCUT2D eigenvalue weighted by Gasteiger charge is 2.17. The van der Waals surface area contributed by atoms with Crippen molar-refractivity contribution in [2.24, 2.45) is 4.99 Å². The highest BCUT2D eigenvalue weighted by Crippen LogP contribution is 2.15. The van der Waals surface area contributed by atoms with Gasteiger partial charge in [0.15, 0.2) is 11.8 Å². The molecule has 2 heterocycles. The summed E-state index contributed by atoms with van der Waals surface area (Å²) in [4.78, 5) is 6.87. The molecule has 1 aliphatic rings. The number of nitrogens with one attached hydrogen (secondary N) is 2. The summed E-state index contributed by atoms with van der Waals surface area (Å²) in [5.41, 5.74) is 0. The Kier molecular flexibility index (Phi) is 10.2. The Labute approximate surface area is 162 Å². The topological polar surface area (TPSA) is 70.4 Å². The van der Waals surface area contributed by atoms with Crippen LogP contribution >= 0.6 is 24.0 Å². The van der Waals surface area contributed by atoms with E-state index in [9.17, 15) is 0 Å². The van der Waals surface area contributed by atoms with Gasteiger partial charge in [-0.05, 0) is 39.7 Å². The van der Waals surface area contributed by atoms with Gasteiger partial charge in [-0.1, -0.05) is 6.42 Å². The lowest BCUT2D eigenvalue weighted by molar-refractivity contribution is 0.159. The molecule has 0 aromatic carbocycles. The molecular weight excluding hydrogens is 417 g/mol. The van der Waals surface area contributed by atoms with Crippen molar-refractivity contribution in [1.29, 1.82) is 0 Å². The maximum Gasteiger partial charge on any atom is 0.191 e. The van der Waals surface area contributed by atoms with Crippen LogP contribution in [0.5, 0.6) is 0 Å². The predicted molar refractivity (Wildman–Crippen MR) is 109 cm³/mol. The van der Waals surface area contributed by atoms with Crippen LogP contribution in [0.25, 0.3) is 0 Å². The second-order valence-electron chi connectivity index (χ2n) is 6.12. The minimum absolute atomic E-state index is 0. The number of nitrogens with zero attached hydrogens (tertiary/aromatic N) is 5. The molecule has 138 valence electrons. The van der Waals surface area contributed by atoms with Crippen LogP contribution in [0.3, 0.4) is 0 Å². The van der Waals surface area contributed by atoms with Crippen LogP contribution in [-0.4, -0.2) is 58.3 Å². The number of aliphatic imine (C=N–C) groups is 1. The molecule has 7 nitrogen and oxygen atoms in total. The van der Waals surface area contributed by atoms with Gasteiger partial charge in [0.1, 0.15) is 6.33 Å². The Hall–Kier alpha value is -0.900. The summed E-state index contributed by atoms with van der Waals surface area (Å²) in [6.07, 6.45) is 6.96. The Balaban J connectivity index is 0.00000288. The number of piperidine rings is 1. The quantitative estimate of drug-likeness (QED) is 0.288. The number of aryl methyl sites for hydroxylation is 1. The Morgan fingerprint density at radius 1 is 1.38 bits per heavy atom. The number of hydrogen-bond donors (Lipinski definition) is 2.